The standard InChI is InChI=1S/C24H27N3O3S/c1-4-18-6-9-20(10-7-18)25-24(28)22-14-23(19-8-5-16(2)17(3)13-19)27(26-22)21-11-12-31(29,30)15-21/h5-10,13-14,21H,4,11-12,15H2,1-3H3,(H,25,28)/t21-/m1/s1. The van der Waals surface area contributed by atoms with Gasteiger partial charge in [-0.2, -0.15) is 5.10 Å². The highest BCUT2D eigenvalue weighted by molar-refractivity contribution is 7.91. The van der Waals surface area contributed by atoms with Crippen LogP contribution in [0.1, 0.15) is 46.6 Å². The highest BCUT2D eigenvalue weighted by Gasteiger charge is 2.32. The normalized spacial score (nSPS) is 17.6. The number of aryl methyl sites for hydroxylation is 3. The minimum Gasteiger partial charge on any atom is -0.321 e. The highest BCUT2D eigenvalue weighted by Crippen LogP contribution is 2.31. The van der Waals surface area contributed by atoms with Gasteiger partial charge < -0.3 is 5.32 Å². The van der Waals surface area contributed by atoms with Crippen LogP contribution in [0, 0.1) is 13.8 Å². The van der Waals surface area contributed by atoms with Crippen LogP contribution in [0.25, 0.3) is 11.3 Å². The molecule has 1 N–H and O–H groups in total. The van der Waals surface area contributed by atoms with Crippen molar-refractivity contribution in [1.82, 2.24) is 9.78 Å². The van der Waals surface area contributed by atoms with Crippen LogP contribution in [0.4, 0.5) is 5.69 Å². The summed E-state index contributed by atoms with van der Waals surface area (Å²) in [6, 6.07) is 15.3. The van der Waals surface area contributed by atoms with Gasteiger partial charge in [-0.1, -0.05) is 31.2 Å². The first-order valence-electron chi connectivity index (χ1n) is 10.5. The lowest BCUT2D eigenvalue weighted by atomic mass is 10.0. The van der Waals surface area contributed by atoms with Gasteiger partial charge >= 0.3 is 0 Å². The van der Waals surface area contributed by atoms with Gasteiger partial charge in [0.25, 0.3) is 5.91 Å². The molecule has 0 bridgehead atoms. The van der Waals surface area contributed by atoms with Gasteiger partial charge in [0.1, 0.15) is 0 Å². The highest BCUT2D eigenvalue weighted by atomic mass is 32.2. The van der Waals surface area contributed by atoms with Crippen molar-refractivity contribution in [3.8, 4) is 11.3 Å². The van der Waals surface area contributed by atoms with Crippen LogP contribution >= 0.6 is 0 Å². The summed E-state index contributed by atoms with van der Waals surface area (Å²) in [4.78, 5) is 12.9. The number of sulfone groups is 1. The van der Waals surface area contributed by atoms with E-state index in [-0.39, 0.29) is 29.1 Å². The largest absolute Gasteiger partial charge is 0.321 e. The summed E-state index contributed by atoms with van der Waals surface area (Å²) in [5, 5.41) is 7.45. The predicted octanol–water partition coefficient (Wildman–Crippen LogP) is 4.34. The summed E-state index contributed by atoms with van der Waals surface area (Å²) in [5.74, 6) is -0.115. The Hall–Kier alpha value is -2.93. The Labute approximate surface area is 183 Å². The maximum atomic E-state index is 12.9. The maximum Gasteiger partial charge on any atom is 0.276 e. The molecule has 0 radical (unpaired) electrons. The smallest absolute Gasteiger partial charge is 0.276 e. The van der Waals surface area contributed by atoms with Crippen LogP contribution in [-0.2, 0) is 16.3 Å². The van der Waals surface area contributed by atoms with E-state index in [4.69, 9.17) is 0 Å². The Bertz CT molecular complexity index is 1230. The Balaban J connectivity index is 1.69. The molecule has 1 atom stereocenters. The second-order valence-corrected chi connectivity index (χ2v) is 10.4. The first-order chi connectivity index (χ1) is 14.8. The van der Waals surface area contributed by atoms with Gasteiger partial charge in [-0.05, 0) is 67.6 Å². The molecule has 7 heteroatoms. The average Bonchev–Trinajstić information content (AvgIpc) is 3.34. The summed E-state index contributed by atoms with van der Waals surface area (Å²) in [7, 11) is -3.09. The van der Waals surface area contributed by atoms with E-state index in [9.17, 15) is 13.2 Å². The van der Waals surface area contributed by atoms with Crippen molar-refractivity contribution in [1.29, 1.82) is 0 Å². The minimum absolute atomic E-state index is 0.0477. The summed E-state index contributed by atoms with van der Waals surface area (Å²) in [5.41, 5.74) is 6.16. The fourth-order valence-electron chi connectivity index (χ4n) is 3.89. The van der Waals surface area contributed by atoms with E-state index in [0.29, 0.717) is 12.1 Å². The van der Waals surface area contributed by atoms with Gasteiger partial charge in [0.2, 0.25) is 0 Å². The number of carbonyl (C=O) groups excluding carboxylic acids is 1. The zero-order valence-corrected chi connectivity index (χ0v) is 18.9. The first-order valence-corrected chi connectivity index (χ1v) is 12.4. The van der Waals surface area contributed by atoms with E-state index in [1.54, 1.807) is 10.7 Å². The Morgan fingerprint density at radius 1 is 1.10 bits per heavy atom. The van der Waals surface area contributed by atoms with Crippen LogP contribution in [-0.4, -0.2) is 35.6 Å². The molecule has 1 aliphatic rings. The number of hydrogen-bond acceptors (Lipinski definition) is 4. The molecule has 2 aromatic carbocycles. The number of amides is 1. The first kappa shape index (κ1) is 21.3. The third-order valence-electron chi connectivity index (χ3n) is 5.95. The Morgan fingerprint density at radius 2 is 1.84 bits per heavy atom. The Morgan fingerprint density at radius 3 is 2.45 bits per heavy atom. The van der Waals surface area contributed by atoms with Crippen molar-refractivity contribution in [2.75, 3.05) is 16.8 Å². The summed E-state index contributed by atoms with van der Waals surface area (Å²) in [6.07, 6.45) is 1.43. The number of hydrogen-bond donors (Lipinski definition) is 1. The van der Waals surface area contributed by atoms with Crippen molar-refractivity contribution < 1.29 is 13.2 Å². The fourth-order valence-corrected chi connectivity index (χ4v) is 5.58. The number of benzene rings is 2. The molecular weight excluding hydrogens is 410 g/mol. The van der Waals surface area contributed by atoms with Gasteiger partial charge in [0, 0.05) is 11.3 Å². The van der Waals surface area contributed by atoms with E-state index < -0.39 is 9.84 Å². The third-order valence-corrected chi connectivity index (χ3v) is 7.70. The van der Waals surface area contributed by atoms with Crippen LogP contribution < -0.4 is 5.32 Å². The minimum atomic E-state index is -3.09. The van der Waals surface area contributed by atoms with Crippen molar-refractivity contribution >= 4 is 21.4 Å². The molecule has 0 unspecified atom stereocenters. The quantitative estimate of drug-likeness (QED) is 0.644. The molecule has 3 aromatic rings. The van der Waals surface area contributed by atoms with Crippen molar-refractivity contribution in [2.45, 2.75) is 39.7 Å². The van der Waals surface area contributed by atoms with Gasteiger partial charge in [0.05, 0.1) is 23.2 Å². The molecular formula is C24H27N3O3S. The number of aromatic nitrogens is 2. The molecule has 2 heterocycles. The van der Waals surface area contributed by atoms with Gasteiger partial charge in [-0.25, -0.2) is 8.42 Å². The summed E-state index contributed by atoms with van der Waals surface area (Å²) >= 11 is 0. The monoisotopic (exact) mass is 437 g/mol. The summed E-state index contributed by atoms with van der Waals surface area (Å²) < 4.78 is 25.9. The molecule has 4 rings (SSSR count). The zero-order valence-electron chi connectivity index (χ0n) is 18.1. The number of nitrogens with one attached hydrogen (secondary N) is 1. The molecule has 0 spiro atoms. The molecule has 162 valence electrons. The molecule has 31 heavy (non-hydrogen) atoms. The SMILES string of the molecule is CCc1ccc(NC(=O)c2cc(-c3ccc(C)c(C)c3)n([C@@H]3CCS(=O)(=O)C3)n2)cc1. The van der Waals surface area contributed by atoms with Gasteiger partial charge in [-0.3, -0.25) is 9.48 Å². The molecule has 1 saturated heterocycles. The maximum absolute atomic E-state index is 12.9. The number of rotatable bonds is 5. The predicted molar refractivity (Wildman–Crippen MR) is 123 cm³/mol. The molecule has 6 nitrogen and oxygen atoms in total. The second kappa shape index (κ2) is 8.30. The van der Waals surface area contributed by atoms with Crippen LogP contribution in [0.2, 0.25) is 0 Å². The van der Waals surface area contributed by atoms with Crippen molar-refractivity contribution in [3.63, 3.8) is 0 Å². The lowest BCUT2D eigenvalue weighted by molar-refractivity contribution is 0.102. The topological polar surface area (TPSA) is 81.1 Å². The lowest BCUT2D eigenvalue weighted by Gasteiger charge is -2.14. The zero-order chi connectivity index (χ0) is 22.2. The molecule has 1 fully saturated rings. The van der Waals surface area contributed by atoms with Crippen molar-refractivity contribution in [2.24, 2.45) is 0 Å². The van der Waals surface area contributed by atoms with Crippen LogP contribution in [0.15, 0.2) is 48.5 Å². The third kappa shape index (κ3) is 4.56. The van der Waals surface area contributed by atoms with Crippen molar-refractivity contribution in [3.05, 3.63) is 70.9 Å². The van der Waals surface area contributed by atoms with Crippen LogP contribution in [0.5, 0.6) is 0 Å². The van der Waals surface area contributed by atoms with E-state index >= 15 is 0 Å². The lowest BCUT2D eigenvalue weighted by Crippen LogP contribution is -2.16. The number of carbonyl (C=O) groups is 1. The van der Waals surface area contributed by atoms with E-state index in [1.165, 1.54) is 11.1 Å². The van der Waals surface area contributed by atoms with E-state index in [0.717, 1.165) is 23.2 Å². The molecule has 0 aliphatic carbocycles. The molecule has 1 amide bonds. The summed E-state index contributed by atoms with van der Waals surface area (Å²) in [6.45, 7) is 6.16. The number of nitrogens with zero attached hydrogens (tertiary/aromatic N) is 2. The number of anilines is 1. The molecule has 1 aliphatic heterocycles. The molecule has 0 saturated carbocycles. The van der Waals surface area contributed by atoms with Crippen LogP contribution in [0.3, 0.4) is 0 Å². The van der Waals surface area contributed by atoms with Gasteiger partial charge in [-0.15, -0.1) is 0 Å². The molecule has 1 aromatic heterocycles. The van der Waals surface area contributed by atoms with E-state index in [1.807, 2.05) is 50.2 Å². The average molecular weight is 438 g/mol. The van der Waals surface area contributed by atoms with E-state index in [2.05, 4.69) is 23.4 Å². The fraction of sp³-hybridized carbons (Fsp3) is 0.333. The second-order valence-electron chi connectivity index (χ2n) is 8.22. The van der Waals surface area contributed by atoms with Gasteiger partial charge in [0.15, 0.2) is 15.5 Å². The Kier molecular flexibility index (Phi) is 5.71.